The molecule has 0 spiro atoms. The molecule has 0 heterocycles. The van der Waals surface area contributed by atoms with Crippen molar-refractivity contribution in [3.63, 3.8) is 0 Å². The molecule has 2 aromatic rings. The van der Waals surface area contributed by atoms with E-state index in [2.05, 4.69) is 48.5 Å². The van der Waals surface area contributed by atoms with Crippen LogP contribution in [0.15, 0.2) is 48.5 Å². The standard InChI is InChI=1S/C10H8.O.Sn/c1-2-6-10-8-4-3-7-9(10)5-1;;/h1-8H;;. The molecule has 1 nitrogen and oxygen atoms in total. The molecule has 2 aromatic carbocycles. The first-order valence-electron chi connectivity index (χ1n) is 3.61. The second-order valence-corrected chi connectivity index (χ2v) is 2.35. The van der Waals surface area contributed by atoms with Crippen LogP contribution in [0.1, 0.15) is 0 Å². The zero-order valence-corrected chi connectivity index (χ0v) is 9.38. The van der Waals surface area contributed by atoms with Gasteiger partial charge in [-0.15, -0.1) is 0 Å². The quantitative estimate of drug-likeness (QED) is 0.666. The van der Waals surface area contributed by atoms with E-state index in [9.17, 15) is 0 Å². The number of benzene rings is 2. The van der Waals surface area contributed by atoms with Crippen LogP contribution in [-0.4, -0.2) is 22.5 Å². The Bertz CT molecular complexity index is 294. The van der Waals surface area contributed by atoms with Crippen molar-refractivity contribution in [1.82, 2.24) is 0 Å². The Balaban J connectivity index is 0.000000336. The molecule has 2 heteroatoms. The Morgan fingerprint density at radius 3 is 1.17 bits per heavy atom. The van der Waals surface area contributed by atoms with E-state index in [4.69, 9.17) is 3.08 Å². The van der Waals surface area contributed by atoms with Crippen LogP contribution in [0.3, 0.4) is 0 Å². The van der Waals surface area contributed by atoms with Crippen molar-refractivity contribution >= 4 is 33.3 Å². The second kappa shape index (κ2) is 5.04. The topological polar surface area (TPSA) is 17.1 Å². The van der Waals surface area contributed by atoms with Gasteiger partial charge in [-0.25, -0.2) is 0 Å². The molecule has 0 aliphatic rings. The van der Waals surface area contributed by atoms with E-state index in [1.165, 1.54) is 10.8 Å². The molecule has 0 aliphatic carbocycles. The van der Waals surface area contributed by atoms with Gasteiger partial charge in [0.1, 0.15) is 0 Å². The molecule has 2 radical (unpaired) electrons. The average Bonchev–Trinajstić information content (AvgIpc) is 2.21. The molecule has 0 saturated carbocycles. The fourth-order valence-corrected chi connectivity index (χ4v) is 1.13. The first-order valence-corrected chi connectivity index (χ1v) is 4.77. The first kappa shape index (κ1) is 9.39. The van der Waals surface area contributed by atoms with Crippen LogP contribution in [0, 0.1) is 0 Å². The fraction of sp³-hybridized carbons (Fsp3) is 0. The van der Waals surface area contributed by atoms with Gasteiger partial charge in [0.15, 0.2) is 0 Å². The van der Waals surface area contributed by atoms with E-state index in [1.54, 1.807) is 0 Å². The summed E-state index contributed by atoms with van der Waals surface area (Å²) in [5, 5.41) is 2.62. The van der Waals surface area contributed by atoms with Gasteiger partial charge in [-0.05, 0) is 10.8 Å². The van der Waals surface area contributed by atoms with Crippen LogP contribution in [0.5, 0.6) is 0 Å². The largest absolute Gasteiger partial charge is 0.0616 e. The molecule has 0 fully saturated rings. The van der Waals surface area contributed by atoms with Gasteiger partial charge in [0.2, 0.25) is 0 Å². The van der Waals surface area contributed by atoms with Crippen molar-refractivity contribution in [3.05, 3.63) is 48.5 Å². The van der Waals surface area contributed by atoms with E-state index < -0.39 is 0 Å². The number of fused-ring (bicyclic) bond motifs is 1. The molecule has 0 aliphatic heterocycles. The smallest absolute Gasteiger partial charge is 0.0184 e. The van der Waals surface area contributed by atoms with Crippen LogP contribution >= 0.6 is 0 Å². The maximum Gasteiger partial charge on any atom is -0.0184 e. The third-order valence-electron chi connectivity index (χ3n) is 1.66. The monoisotopic (exact) mass is 264 g/mol. The maximum absolute atomic E-state index is 8.34. The van der Waals surface area contributed by atoms with Crippen LogP contribution in [0.25, 0.3) is 10.8 Å². The molecule has 12 heavy (non-hydrogen) atoms. The Hall–Kier alpha value is -0.701. The minimum Gasteiger partial charge on any atom is -0.0616 e. The van der Waals surface area contributed by atoms with Crippen molar-refractivity contribution < 1.29 is 3.08 Å². The summed E-state index contributed by atoms with van der Waals surface area (Å²) < 4.78 is 8.34. The molecular formula is C10H8OSn. The van der Waals surface area contributed by atoms with E-state index in [-0.39, 0.29) is 0 Å². The molecule has 0 saturated heterocycles. The first-order chi connectivity index (χ1) is 5.97. The van der Waals surface area contributed by atoms with Crippen molar-refractivity contribution in [2.24, 2.45) is 0 Å². The van der Waals surface area contributed by atoms with E-state index in [1.807, 2.05) is 0 Å². The third-order valence-corrected chi connectivity index (χ3v) is 1.66. The van der Waals surface area contributed by atoms with Gasteiger partial charge < -0.3 is 0 Å². The number of rotatable bonds is 0. The second-order valence-electron chi connectivity index (χ2n) is 2.35. The molecule has 0 unspecified atom stereocenters. The van der Waals surface area contributed by atoms with E-state index >= 15 is 0 Å². The average molecular weight is 263 g/mol. The summed E-state index contributed by atoms with van der Waals surface area (Å²) in [5.74, 6) is 0. The van der Waals surface area contributed by atoms with Crippen molar-refractivity contribution in [1.29, 1.82) is 0 Å². The van der Waals surface area contributed by atoms with E-state index in [0.717, 1.165) is 0 Å². The summed E-state index contributed by atoms with van der Waals surface area (Å²) in [5.41, 5.74) is 0. The zero-order valence-electron chi connectivity index (χ0n) is 6.53. The molecule has 0 amide bonds. The Morgan fingerprint density at radius 1 is 0.667 bits per heavy atom. The van der Waals surface area contributed by atoms with Gasteiger partial charge in [0.25, 0.3) is 0 Å². The van der Waals surface area contributed by atoms with Crippen molar-refractivity contribution in [2.75, 3.05) is 0 Å². The van der Waals surface area contributed by atoms with Crippen LogP contribution < -0.4 is 0 Å². The third kappa shape index (κ3) is 2.14. The molecule has 0 atom stereocenters. The Kier molecular flexibility index (Phi) is 3.94. The predicted molar refractivity (Wildman–Crippen MR) is 50.4 cm³/mol. The summed E-state index contributed by atoms with van der Waals surface area (Å²) in [7, 11) is 0. The fourth-order valence-electron chi connectivity index (χ4n) is 1.13. The molecule has 0 N–H and O–H groups in total. The molecule has 2 rings (SSSR count). The van der Waals surface area contributed by atoms with Crippen molar-refractivity contribution in [3.8, 4) is 0 Å². The van der Waals surface area contributed by atoms with Gasteiger partial charge in [0.05, 0.1) is 0 Å². The van der Waals surface area contributed by atoms with Crippen LogP contribution in [0.4, 0.5) is 0 Å². The predicted octanol–water partition coefficient (Wildman–Crippen LogP) is 2.34. The summed E-state index contributed by atoms with van der Waals surface area (Å²) in [6.45, 7) is 0. The minimum absolute atomic E-state index is 0.300. The number of hydrogen-bond donors (Lipinski definition) is 0. The van der Waals surface area contributed by atoms with Crippen LogP contribution in [-0.2, 0) is 3.08 Å². The van der Waals surface area contributed by atoms with Gasteiger partial charge in [-0.2, -0.15) is 0 Å². The van der Waals surface area contributed by atoms with Crippen LogP contribution in [0.2, 0.25) is 0 Å². The minimum atomic E-state index is 0.300. The molecule has 0 aromatic heterocycles. The summed E-state index contributed by atoms with van der Waals surface area (Å²) >= 11 is 0.300. The number of hydrogen-bond acceptors (Lipinski definition) is 1. The summed E-state index contributed by atoms with van der Waals surface area (Å²) in [6, 6.07) is 16.7. The van der Waals surface area contributed by atoms with Gasteiger partial charge >= 0.3 is 25.6 Å². The Morgan fingerprint density at radius 2 is 0.917 bits per heavy atom. The Labute approximate surface area is 84.9 Å². The van der Waals surface area contributed by atoms with Crippen molar-refractivity contribution in [2.45, 2.75) is 0 Å². The normalized spacial score (nSPS) is 8.67. The van der Waals surface area contributed by atoms with Gasteiger partial charge in [-0.1, -0.05) is 48.5 Å². The maximum atomic E-state index is 8.34. The zero-order chi connectivity index (χ0) is 8.81. The summed E-state index contributed by atoms with van der Waals surface area (Å²) in [6.07, 6.45) is 0. The summed E-state index contributed by atoms with van der Waals surface area (Å²) in [4.78, 5) is 0. The molecule has 58 valence electrons. The SMILES string of the molecule is [O]=[Sn].c1ccc2ccccc2c1. The van der Waals surface area contributed by atoms with Gasteiger partial charge in [0, 0.05) is 0 Å². The van der Waals surface area contributed by atoms with E-state index in [0.29, 0.717) is 22.5 Å². The molecular weight excluding hydrogens is 255 g/mol. The molecule has 0 bridgehead atoms. The van der Waals surface area contributed by atoms with Gasteiger partial charge in [-0.3, -0.25) is 0 Å².